The quantitative estimate of drug-likeness (QED) is 0.659. The molecule has 0 radical (unpaired) electrons. The first kappa shape index (κ1) is 14.9. The third-order valence-corrected chi connectivity index (χ3v) is 4.23. The zero-order chi connectivity index (χ0) is 14.5. The van der Waals surface area contributed by atoms with Crippen LogP contribution in [-0.4, -0.2) is 11.0 Å². The van der Waals surface area contributed by atoms with Crippen molar-refractivity contribution in [3.63, 3.8) is 0 Å². The Morgan fingerprint density at radius 1 is 1.35 bits per heavy atom. The number of rotatable bonds is 5. The van der Waals surface area contributed by atoms with Gasteiger partial charge < -0.3 is 5.32 Å². The first-order valence-electron chi connectivity index (χ1n) is 7.26. The van der Waals surface area contributed by atoms with Crippen LogP contribution in [0.1, 0.15) is 44.6 Å². The molecule has 0 saturated heterocycles. The van der Waals surface area contributed by atoms with Crippen LogP contribution in [0.5, 0.6) is 0 Å². The monoisotopic (exact) mass is 280 g/mol. The molecule has 0 spiro atoms. The van der Waals surface area contributed by atoms with Crippen molar-refractivity contribution in [3.8, 4) is 0 Å². The van der Waals surface area contributed by atoms with E-state index >= 15 is 0 Å². The van der Waals surface area contributed by atoms with E-state index in [0.717, 1.165) is 24.3 Å². The highest BCUT2D eigenvalue weighted by Crippen LogP contribution is 2.26. The van der Waals surface area contributed by atoms with Crippen molar-refractivity contribution in [2.45, 2.75) is 51.6 Å². The van der Waals surface area contributed by atoms with Gasteiger partial charge in [0, 0.05) is 18.7 Å². The molecule has 0 aromatic heterocycles. The number of benzene rings is 1. The Bertz CT molecular complexity index is 471. The molecule has 0 heterocycles. The van der Waals surface area contributed by atoms with Gasteiger partial charge in [0.25, 0.3) is 0 Å². The molecule has 0 amide bonds. The van der Waals surface area contributed by atoms with Crippen LogP contribution in [0.25, 0.3) is 0 Å². The summed E-state index contributed by atoms with van der Waals surface area (Å²) in [5, 5.41) is 14.0. The zero-order valence-electron chi connectivity index (χ0n) is 11.8. The second-order valence-corrected chi connectivity index (χ2v) is 5.55. The Balaban J connectivity index is 1.85. The Morgan fingerprint density at radius 3 is 2.60 bits per heavy atom. The maximum Gasteiger partial charge on any atom is 0.304 e. The molecule has 20 heavy (non-hydrogen) atoms. The van der Waals surface area contributed by atoms with Gasteiger partial charge in [-0.25, -0.2) is 0 Å². The Kier molecular flexibility index (Phi) is 5.06. The fourth-order valence-electron chi connectivity index (χ4n) is 2.85. The summed E-state index contributed by atoms with van der Waals surface area (Å²) in [7, 11) is 0. The Morgan fingerprint density at radius 2 is 2.05 bits per heavy atom. The van der Waals surface area contributed by atoms with Gasteiger partial charge in [0.1, 0.15) is 0 Å². The summed E-state index contributed by atoms with van der Waals surface area (Å²) in [6.45, 7) is 2.80. The molecule has 110 valence electrons. The molecule has 1 N–H and O–H groups in total. The highest BCUT2D eigenvalue weighted by molar-refractivity contribution is 5.34. The van der Waals surface area contributed by atoms with Crippen molar-refractivity contribution < 1.29 is 9.31 Å². The number of nitrogens with zero attached hydrogens (tertiary/aromatic N) is 1. The van der Waals surface area contributed by atoms with Gasteiger partial charge in [-0.3, -0.25) is 10.1 Å². The molecule has 1 aromatic carbocycles. The fraction of sp³-hybridized carbons (Fsp3) is 0.600. The molecule has 1 aliphatic rings. The summed E-state index contributed by atoms with van der Waals surface area (Å²) >= 11 is 0. The van der Waals surface area contributed by atoms with Crippen LogP contribution in [0.2, 0.25) is 0 Å². The number of nitro groups is 1. The maximum absolute atomic E-state index is 13.5. The van der Waals surface area contributed by atoms with Crippen molar-refractivity contribution in [1.82, 2.24) is 5.32 Å². The van der Waals surface area contributed by atoms with Crippen LogP contribution in [0.3, 0.4) is 0 Å². The van der Waals surface area contributed by atoms with Crippen molar-refractivity contribution in [3.05, 3.63) is 39.7 Å². The molecule has 4 nitrogen and oxygen atoms in total. The molecule has 5 heteroatoms. The number of halogens is 1. The average Bonchev–Trinajstić information content (AvgIpc) is 2.45. The van der Waals surface area contributed by atoms with Crippen LogP contribution in [0, 0.1) is 21.8 Å². The molecule has 0 aliphatic heterocycles. The van der Waals surface area contributed by atoms with Crippen LogP contribution in [0.15, 0.2) is 18.2 Å². The van der Waals surface area contributed by atoms with Gasteiger partial charge in [-0.1, -0.05) is 19.4 Å². The average molecular weight is 280 g/mol. The number of hydrogen-bond donors (Lipinski definition) is 1. The Labute approximate surface area is 118 Å². The minimum absolute atomic E-state index is 0.461. The summed E-state index contributed by atoms with van der Waals surface area (Å²) in [6.07, 6.45) is 6.08. The van der Waals surface area contributed by atoms with Crippen LogP contribution >= 0.6 is 0 Å². The van der Waals surface area contributed by atoms with Gasteiger partial charge in [-0.05, 0) is 43.2 Å². The van der Waals surface area contributed by atoms with Gasteiger partial charge in [0.15, 0.2) is 0 Å². The predicted octanol–water partition coefficient (Wildman–Crippen LogP) is 3.79. The number of nitrogens with one attached hydrogen (secondary N) is 1. The van der Waals surface area contributed by atoms with Gasteiger partial charge in [0.05, 0.1) is 4.92 Å². The van der Waals surface area contributed by atoms with E-state index in [1.165, 1.54) is 31.4 Å². The number of hydrogen-bond acceptors (Lipinski definition) is 3. The maximum atomic E-state index is 13.5. The molecular formula is C15H21FN2O2. The molecule has 1 aliphatic carbocycles. The lowest BCUT2D eigenvalue weighted by Crippen LogP contribution is -2.32. The molecular weight excluding hydrogens is 259 g/mol. The number of nitro benzene ring substituents is 1. The van der Waals surface area contributed by atoms with E-state index in [1.807, 2.05) is 0 Å². The lowest BCUT2D eigenvalue weighted by molar-refractivity contribution is -0.387. The van der Waals surface area contributed by atoms with Gasteiger partial charge in [-0.2, -0.15) is 4.39 Å². The zero-order valence-corrected chi connectivity index (χ0v) is 11.8. The van der Waals surface area contributed by atoms with Crippen molar-refractivity contribution >= 4 is 5.69 Å². The van der Waals surface area contributed by atoms with Crippen molar-refractivity contribution in [1.29, 1.82) is 0 Å². The van der Waals surface area contributed by atoms with Crippen LogP contribution in [0.4, 0.5) is 10.1 Å². The Hall–Kier alpha value is -1.49. The van der Waals surface area contributed by atoms with Crippen LogP contribution < -0.4 is 5.32 Å². The summed E-state index contributed by atoms with van der Waals surface area (Å²) in [4.78, 5) is 9.85. The summed E-state index contributed by atoms with van der Waals surface area (Å²) in [5.74, 6) is 0.0915. The second kappa shape index (κ2) is 6.79. The topological polar surface area (TPSA) is 55.2 Å². The lowest BCUT2D eigenvalue weighted by atomic mass is 9.84. The van der Waals surface area contributed by atoms with E-state index in [1.54, 1.807) is 6.07 Å². The lowest BCUT2D eigenvalue weighted by Gasteiger charge is -2.28. The minimum atomic E-state index is -0.760. The molecule has 0 bridgehead atoms. The molecule has 1 fully saturated rings. The highest BCUT2D eigenvalue weighted by atomic mass is 19.1. The normalized spacial score (nSPS) is 22.7. The van der Waals surface area contributed by atoms with E-state index in [-0.39, 0.29) is 0 Å². The van der Waals surface area contributed by atoms with Crippen LogP contribution in [-0.2, 0) is 6.54 Å². The highest BCUT2D eigenvalue weighted by Gasteiger charge is 2.20. The molecule has 1 saturated carbocycles. The summed E-state index contributed by atoms with van der Waals surface area (Å²) < 4.78 is 13.5. The summed E-state index contributed by atoms with van der Waals surface area (Å²) in [6, 6.07) is 4.59. The minimum Gasteiger partial charge on any atom is -0.310 e. The van der Waals surface area contributed by atoms with Gasteiger partial charge in [-0.15, -0.1) is 0 Å². The molecule has 1 aromatic rings. The smallest absolute Gasteiger partial charge is 0.304 e. The largest absolute Gasteiger partial charge is 0.310 e. The van der Waals surface area contributed by atoms with Gasteiger partial charge >= 0.3 is 5.69 Å². The van der Waals surface area contributed by atoms with Crippen molar-refractivity contribution in [2.24, 2.45) is 5.92 Å². The summed E-state index contributed by atoms with van der Waals surface area (Å²) in [5.41, 5.74) is 0.294. The second-order valence-electron chi connectivity index (χ2n) is 5.55. The first-order chi connectivity index (χ1) is 9.60. The van der Waals surface area contributed by atoms with E-state index in [9.17, 15) is 14.5 Å². The first-order valence-corrected chi connectivity index (χ1v) is 7.26. The van der Waals surface area contributed by atoms with Crippen molar-refractivity contribution in [2.75, 3.05) is 0 Å². The third-order valence-electron chi connectivity index (χ3n) is 4.23. The van der Waals surface area contributed by atoms with Gasteiger partial charge in [0.2, 0.25) is 5.82 Å². The SMILES string of the molecule is CCC1CCC(NCc2ccc([N+](=O)[O-])c(F)c2)CC1. The fourth-order valence-corrected chi connectivity index (χ4v) is 2.85. The van der Waals surface area contributed by atoms with E-state index in [2.05, 4.69) is 12.2 Å². The molecule has 2 rings (SSSR count). The standard InChI is InChI=1S/C15H21FN2O2/c1-2-11-3-6-13(7-4-11)17-10-12-5-8-15(18(19)20)14(16)9-12/h5,8-9,11,13,17H,2-4,6-7,10H2,1H3. The van der Waals surface area contributed by atoms with E-state index in [4.69, 9.17) is 0 Å². The molecule has 0 atom stereocenters. The predicted molar refractivity (Wildman–Crippen MR) is 75.9 cm³/mol. The van der Waals surface area contributed by atoms with E-state index in [0.29, 0.717) is 12.6 Å². The van der Waals surface area contributed by atoms with E-state index < -0.39 is 16.4 Å². The molecule has 0 unspecified atom stereocenters. The third kappa shape index (κ3) is 3.76.